The van der Waals surface area contributed by atoms with E-state index < -0.39 is 28.8 Å². The number of benzene rings is 1. The number of methoxy groups -OCH3 is 1. The van der Waals surface area contributed by atoms with E-state index in [9.17, 15) is 18.0 Å². The average molecular weight is 253 g/mol. The molecular weight excluding hydrogens is 245 g/mol. The molecule has 16 heavy (non-hydrogen) atoms. The third-order valence-corrected chi connectivity index (χ3v) is 2.28. The van der Waals surface area contributed by atoms with Crippen LogP contribution < -0.4 is 0 Å². The van der Waals surface area contributed by atoms with Crippen molar-refractivity contribution >= 4 is 17.6 Å². The first-order valence-electron chi connectivity index (χ1n) is 4.31. The average Bonchev–Trinajstić information content (AvgIpc) is 2.24. The molecule has 0 bridgehead atoms. The predicted octanol–water partition coefficient (Wildman–Crippen LogP) is 2.43. The van der Waals surface area contributed by atoms with Crippen molar-refractivity contribution in [3.63, 3.8) is 0 Å². The first-order chi connectivity index (χ1) is 7.45. The first-order valence-corrected chi connectivity index (χ1v) is 4.74. The molecule has 0 aliphatic rings. The standard InChI is InChI=1S/C10H8ClF3O2/c1-16-10(15)6(11)2-5-3-8(13)9(14)4-7(5)12/h3-4,6H,2H2,1H3. The molecule has 1 atom stereocenters. The Morgan fingerprint density at radius 2 is 1.88 bits per heavy atom. The van der Waals surface area contributed by atoms with Gasteiger partial charge in [-0.2, -0.15) is 0 Å². The maximum absolute atomic E-state index is 13.1. The zero-order valence-corrected chi connectivity index (χ0v) is 9.02. The second-order valence-corrected chi connectivity index (χ2v) is 3.58. The molecule has 1 rings (SSSR count). The van der Waals surface area contributed by atoms with Crippen LogP contribution in [0.2, 0.25) is 0 Å². The molecule has 0 heterocycles. The molecule has 1 aromatic rings. The minimum atomic E-state index is -1.29. The van der Waals surface area contributed by atoms with Crippen molar-refractivity contribution in [1.29, 1.82) is 0 Å². The van der Waals surface area contributed by atoms with E-state index >= 15 is 0 Å². The molecule has 1 unspecified atom stereocenters. The lowest BCUT2D eigenvalue weighted by Crippen LogP contribution is -2.19. The Morgan fingerprint density at radius 3 is 2.44 bits per heavy atom. The molecule has 0 aliphatic heterocycles. The van der Waals surface area contributed by atoms with Gasteiger partial charge in [0.25, 0.3) is 0 Å². The summed E-state index contributed by atoms with van der Waals surface area (Å²) in [6, 6.07) is 1.08. The van der Waals surface area contributed by atoms with Crippen molar-refractivity contribution in [3.8, 4) is 0 Å². The maximum atomic E-state index is 13.1. The molecule has 2 nitrogen and oxygen atoms in total. The Bertz CT molecular complexity index is 409. The smallest absolute Gasteiger partial charge is 0.324 e. The van der Waals surface area contributed by atoms with Gasteiger partial charge in [-0.15, -0.1) is 11.6 Å². The van der Waals surface area contributed by atoms with Crippen LogP contribution in [0.25, 0.3) is 0 Å². The van der Waals surface area contributed by atoms with Crippen molar-refractivity contribution in [1.82, 2.24) is 0 Å². The van der Waals surface area contributed by atoms with Gasteiger partial charge in [-0.3, -0.25) is 4.79 Å². The maximum Gasteiger partial charge on any atom is 0.324 e. The summed E-state index contributed by atoms with van der Waals surface area (Å²) in [5.74, 6) is -4.19. The summed E-state index contributed by atoms with van der Waals surface area (Å²) in [5.41, 5.74) is -0.177. The van der Waals surface area contributed by atoms with Gasteiger partial charge in [-0.05, 0) is 11.6 Å². The van der Waals surface area contributed by atoms with E-state index in [0.29, 0.717) is 12.1 Å². The SMILES string of the molecule is COC(=O)C(Cl)Cc1cc(F)c(F)cc1F. The van der Waals surface area contributed by atoms with E-state index in [1.807, 2.05) is 0 Å². The van der Waals surface area contributed by atoms with E-state index in [1.165, 1.54) is 0 Å². The Hall–Kier alpha value is -1.23. The van der Waals surface area contributed by atoms with Gasteiger partial charge in [-0.25, -0.2) is 13.2 Å². The Morgan fingerprint density at radius 1 is 1.31 bits per heavy atom. The van der Waals surface area contributed by atoms with Gasteiger partial charge < -0.3 is 4.74 Å². The summed E-state index contributed by atoms with van der Waals surface area (Å²) in [4.78, 5) is 10.9. The molecule has 6 heteroatoms. The monoisotopic (exact) mass is 252 g/mol. The molecule has 0 spiro atoms. The van der Waals surface area contributed by atoms with Gasteiger partial charge in [0, 0.05) is 12.5 Å². The number of esters is 1. The number of hydrogen-bond donors (Lipinski definition) is 0. The van der Waals surface area contributed by atoms with Crippen LogP contribution in [0, 0.1) is 17.5 Å². The predicted molar refractivity (Wildman–Crippen MR) is 51.7 cm³/mol. The molecule has 0 aromatic heterocycles. The molecule has 0 saturated heterocycles. The third-order valence-electron chi connectivity index (χ3n) is 1.95. The van der Waals surface area contributed by atoms with Crippen LogP contribution in [-0.4, -0.2) is 18.5 Å². The minimum absolute atomic E-state index is 0.177. The number of carbonyl (C=O) groups is 1. The quantitative estimate of drug-likeness (QED) is 0.469. The van der Waals surface area contributed by atoms with Crippen LogP contribution in [-0.2, 0) is 16.0 Å². The van der Waals surface area contributed by atoms with Crippen molar-refractivity contribution in [3.05, 3.63) is 35.1 Å². The summed E-state index contributed by atoms with van der Waals surface area (Å²) in [7, 11) is 1.12. The lowest BCUT2D eigenvalue weighted by atomic mass is 10.1. The van der Waals surface area contributed by atoms with Crippen molar-refractivity contribution in [2.75, 3.05) is 7.11 Å². The van der Waals surface area contributed by atoms with E-state index in [-0.39, 0.29) is 12.0 Å². The summed E-state index contributed by atoms with van der Waals surface area (Å²) >= 11 is 5.57. The Kier molecular flexibility index (Phi) is 4.18. The number of ether oxygens (including phenoxy) is 1. The third kappa shape index (κ3) is 2.88. The number of alkyl halides is 1. The second kappa shape index (κ2) is 5.21. The fourth-order valence-electron chi connectivity index (χ4n) is 1.12. The van der Waals surface area contributed by atoms with Crippen molar-refractivity contribution in [2.24, 2.45) is 0 Å². The molecule has 0 saturated carbocycles. The normalized spacial score (nSPS) is 12.3. The van der Waals surface area contributed by atoms with Gasteiger partial charge in [0.2, 0.25) is 0 Å². The van der Waals surface area contributed by atoms with E-state index in [4.69, 9.17) is 11.6 Å². The Balaban J connectivity index is 2.89. The van der Waals surface area contributed by atoms with E-state index in [2.05, 4.69) is 4.74 Å². The van der Waals surface area contributed by atoms with E-state index in [1.54, 1.807) is 0 Å². The minimum Gasteiger partial charge on any atom is -0.468 e. The number of hydrogen-bond acceptors (Lipinski definition) is 2. The first kappa shape index (κ1) is 12.8. The number of carbonyl (C=O) groups excluding carboxylic acids is 1. The summed E-state index contributed by atoms with van der Waals surface area (Å²) in [5, 5.41) is -1.13. The van der Waals surface area contributed by atoms with Gasteiger partial charge >= 0.3 is 5.97 Å². The molecule has 88 valence electrons. The highest BCUT2D eigenvalue weighted by Crippen LogP contribution is 2.17. The van der Waals surface area contributed by atoms with Crippen LogP contribution in [0.4, 0.5) is 13.2 Å². The molecule has 0 aliphatic carbocycles. The van der Waals surface area contributed by atoms with E-state index in [0.717, 1.165) is 7.11 Å². The highest BCUT2D eigenvalue weighted by molar-refractivity contribution is 6.30. The topological polar surface area (TPSA) is 26.3 Å². The van der Waals surface area contributed by atoms with Gasteiger partial charge in [0.1, 0.15) is 11.2 Å². The second-order valence-electron chi connectivity index (χ2n) is 3.05. The van der Waals surface area contributed by atoms with Crippen LogP contribution in [0.1, 0.15) is 5.56 Å². The lowest BCUT2D eigenvalue weighted by Gasteiger charge is -2.08. The largest absolute Gasteiger partial charge is 0.468 e. The molecule has 1 aromatic carbocycles. The zero-order valence-electron chi connectivity index (χ0n) is 8.27. The number of rotatable bonds is 3. The van der Waals surface area contributed by atoms with Crippen LogP contribution in [0.5, 0.6) is 0 Å². The van der Waals surface area contributed by atoms with Gasteiger partial charge in [-0.1, -0.05) is 0 Å². The van der Waals surface area contributed by atoms with Crippen LogP contribution in [0.15, 0.2) is 12.1 Å². The van der Waals surface area contributed by atoms with Gasteiger partial charge in [0.05, 0.1) is 7.11 Å². The molecule has 0 N–H and O–H groups in total. The Labute approximate surface area is 95.0 Å². The van der Waals surface area contributed by atoms with Crippen molar-refractivity contribution in [2.45, 2.75) is 11.8 Å². The molecule has 0 radical (unpaired) electrons. The van der Waals surface area contributed by atoms with Crippen molar-refractivity contribution < 1.29 is 22.7 Å². The van der Waals surface area contributed by atoms with Gasteiger partial charge in [0.15, 0.2) is 11.6 Å². The highest BCUT2D eigenvalue weighted by atomic mass is 35.5. The zero-order chi connectivity index (χ0) is 12.3. The molecule has 0 fully saturated rings. The molecular formula is C10H8ClF3O2. The van der Waals surface area contributed by atoms with Crippen LogP contribution >= 0.6 is 11.6 Å². The van der Waals surface area contributed by atoms with Crippen LogP contribution in [0.3, 0.4) is 0 Å². The highest BCUT2D eigenvalue weighted by Gasteiger charge is 2.19. The summed E-state index contributed by atoms with van der Waals surface area (Å²) in [6.07, 6.45) is -0.267. The lowest BCUT2D eigenvalue weighted by molar-refractivity contribution is -0.140. The fraction of sp³-hybridized carbons (Fsp3) is 0.300. The number of halogens is 4. The molecule has 0 amide bonds. The fourth-order valence-corrected chi connectivity index (χ4v) is 1.38. The summed E-state index contributed by atoms with van der Waals surface area (Å²) in [6.45, 7) is 0. The summed E-state index contributed by atoms with van der Waals surface area (Å²) < 4.78 is 42.8.